The Morgan fingerprint density at radius 1 is 1.18 bits per heavy atom. The third-order valence-corrected chi connectivity index (χ3v) is 7.01. The molecule has 154 valence electrons. The fourth-order valence-electron chi connectivity index (χ4n) is 3.50. The van der Waals surface area contributed by atoms with Crippen molar-refractivity contribution >= 4 is 28.3 Å². The van der Waals surface area contributed by atoms with Gasteiger partial charge in [0.25, 0.3) is 0 Å². The number of hydrogen-bond donors (Lipinski definition) is 1. The minimum absolute atomic E-state index is 0.544. The predicted molar refractivity (Wildman–Crippen MR) is 116 cm³/mol. The van der Waals surface area contributed by atoms with E-state index < -0.39 is 11.0 Å². The van der Waals surface area contributed by atoms with Crippen molar-refractivity contribution in [1.29, 1.82) is 0 Å². The zero-order valence-corrected chi connectivity index (χ0v) is 18.7. The summed E-state index contributed by atoms with van der Waals surface area (Å²) in [5.41, 5.74) is 3.76. The van der Waals surface area contributed by atoms with Gasteiger partial charge >= 0.3 is 0 Å². The van der Waals surface area contributed by atoms with Crippen molar-refractivity contribution in [3.05, 3.63) is 40.2 Å². The lowest BCUT2D eigenvalue weighted by Crippen LogP contribution is -2.44. The number of nitrogens with one attached hydrogen (secondary N) is 1. The number of likely N-dealkylation sites (N-methyl/N-ethyl adjacent to an activating group) is 1. The quantitative estimate of drug-likeness (QED) is 0.743. The van der Waals surface area contributed by atoms with E-state index in [0.29, 0.717) is 9.92 Å². The van der Waals surface area contributed by atoms with E-state index in [4.69, 9.17) is 11.6 Å². The molecule has 1 aromatic carbocycles. The Hall–Kier alpha value is -1.41. The van der Waals surface area contributed by atoms with Crippen LogP contribution in [0, 0.1) is 13.8 Å². The molecule has 1 N–H and O–H groups in total. The molecule has 6 nitrogen and oxygen atoms in total. The summed E-state index contributed by atoms with van der Waals surface area (Å²) in [6, 6.07) is 5.86. The van der Waals surface area contributed by atoms with Crippen molar-refractivity contribution in [3.63, 3.8) is 0 Å². The Bertz CT molecular complexity index is 845. The second kappa shape index (κ2) is 9.39. The average molecular weight is 424 g/mol. The lowest BCUT2D eigenvalue weighted by molar-refractivity contribution is 0.153. The van der Waals surface area contributed by atoms with E-state index in [1.54, 1.807) is 4.68 Å². The van der Waals surface area contributed by atoms with Crippen LogP contribution in [0.4, 0.5) is 5.69 Å². The number of benzene rings is 1. The number of aryl methyl sites for hydroxylation is 3. The van der Waals surface area contributed by atoms with Crippen LogP contribution in [-0.2, 0) is 24.5 Å². The van der Waals surface area contributed by atoms with Gasteiger partial charge < -0.3 is 9.80 Å². The molecular formula is C20H30ClN5OS. The molecule has 0 amide bonds. The summed E-state index contributed by atoms with van der Waals surface area (Å²) in [5, 5.41) is 4.89. The van der Waals surface area contributed by atoms with Crippen LogP contribution in [0.3, 0.4) is 0 Å². The largest absolute Gasteiger partial charge is 0.304 e. The average Bonchev–Trinajstić information content (AvgIpc) is 2.89. The van der Waals surface area contributed by atoms with Crippen molar-refractivity contribution < 1.29 is 4.21 Å². The summed E-state index contributed by atoms with van der Waals surface area (Å²) in [6.07, 6.45) is 2.09. The highest BCUT2D eigenvalue weighted by atomic mass is 35.5. The van der Waals surface area contributed by atoms with E-state index >= 15 is 0 Å². The maximum absolute atomic E-state index is 12.8. The molecule has 0 radical (unpaired) electrons. The van der Waals surface area contributed by atoms with Crippen molar-refractivity contribution in [2.24, 2.45) is 7.05 Å². The molecule has 2 aromatic rings. The van der Waals surface area contributed by atoms with Crippen LogP contribution in [0.5, 0.6) is 0 Å². The van der Waals surface area contributed by atoms with Gasteiger partial charge in [-0.3, -0.25) is 9.40 Å². The summed E-state index contributed by atoms with van der Waals surface area (Å²) in [5.74, 6) is 0. The molecular weight excluding hydrogens is 394 g/mol. The van der Waals surface area contributed by atoms with E-state index in [1.165, 1.54) is 5.56 Å². The van der Waals surface area contributed by atoms with Crippen molar-refractivity contribution in [1.82, 2.24) is 19.6 Å². The standard InChI is InChI=1S/C20H30ClN5OS/c1-15-20(16(2)25(4)22-15)23-28(27)19-8-7-17(14-18(19)21)6-5-9-26-12-10-24(3)11-13-26/h7-8,14,23H,5-6,9-13H2,1-4H3. The zero-order valence-electron chi connectivity index (χ0n) is 17.2. The van der Waals surface area contributed by atoms with Crippen LogP contribution in [0.15, 0.2) is 23.1 Å². The highest BCUT2D eigenvalue weighted by Crippen LogP contribution is 2.26. The molecule has 1 saturated heterocycles. The predicted octanol–water partition coefficient (Wildman–Crippen LogP) is 3.01. The maximum atomic E-state index is 12.8. The minimum Gasteiger partial charge on any atom is -0.304 e. The number of piperazine rings is 1. The first-order valence-corrected chi connectivity index (χ1v) is 11.3. The highest BCUT2D eigenvalue weighted by Gasteiger charge is 2.16. The summed E-state index contributed by atoms with van der Waals surface area (Å²) in [6.45, 7) is 9.55. The molecule has 0 saturated carbocycles. The summed E-state index contributed by atoms with van der Waals surface area (Å²) >= 11 is 6.45. The van der Waals surface area contributed by atoms with Crippen molar-refractivity contribution in [2.45, 2.75) is 31.6 Å². The summed E-state index contributed by atoms with van der Waals surface area (Å²) in [7, 11) is 2.63. The lowest BCUT2D eigenvalue weighted by atomic mass is 10.1. The normalized spacial score (nSPS) is 17.0. The van der Waals surface area contributed by atoms with E-state index in [2.05, 4.69) is 26.7 Å². The van der Waals surface area contributed by atoms with E-state index in [0.717, 1.165) is 62.6 Å². The Morgan fingerprint density at radius 3 is 2.50 bits per heavy atom. The zero-order chi connectivity index (χ0) is 20.3. The van der Waals surface area contributed by atoms with E-state index in [9.17, 15) is 4.21 Å². The first kappa shape index (κ1) is 21.3. The molecule has 8 heteroatoms. The van der Waals surface area contributed by atoms with E-state index in [-0.39, 0.29) is 0 Å². The van der Waals surface area contributed by atoms with Crippen LogP contribution in [0.25, 0.3) is 0 Å². The minimum atomic E-state index is -1.42. The van der Waals surface area contributed by atoms with Crippen LogP contribution in [0.2, 0.25) is 5.02 Å². The fraction of sp³-hybridized carbons (Fsp3) is 0.550. The molecule has 1 unspecified atom stereocenters. The maximum Gasteiger partial charge on any atom is 0.151 e. The SMILES string of the molecule is Cc1nn(C)c(C)c1NS(=O)c1ccc(CCCN2CCN(C)CC2)cc1Cl. The van der Waals surface area contributed by atoms with Gasteiger partial charge in [-0.05, 0) is 58.0 Å². The molecule has 1 aliphatic heterocycles. The van der Waals surface area contributed by atoms with E-state index in [1.807, 2.05) is 39.1 Å². The molecule has 1 aromatic heterocycles. The number of anilines is 1. The molecule has 3 rings (SSSR count). The third-order valence-electron chi connectivity index (χ3n) is 5.44. The van der Waals surface area contributed by atoms with Gasteiger partial charge in [-0.2, -0.15) is 5.10 Å². The van der Waals surface area contributed by atoms with Crippen LogP contribution in [-0.4, -0.2) is 63.6 Å². The topological polar surface area (TPSA) is 53.4 Å². The highest BCUT2D eigenvalue weighted by molar-refractivity contribution is 7.86. The number of rotatable bonds is 7. The molecule has 2 heterocycles. The molecule has 0 bridgehead atoms. The fourth-order valence-corrected chi connectivity index (χ4v) is 4.93. The Labute approximate surface area is 175 Å². The van der Waals surface area contributed by atoms with Gasteiger partial charge in [-0.25, -0.2) is 4.21 Å². The van der Waals surface area contributed by atoms with Gasteiger partial charge in [-0.15, -0.1) is 0 Å². The van der Waals surface area contributed by atoms with Crippen LogP contribution < -0.4 is 4.72 Å². The van der Waals surface area contributed by atoms with Gasteiger partial charge in [0.15, 0.2) is 11.0 Å². The molecule has 28 heavy (non-hydrogen) atoms. The molecule has 1 atom stereocenters. The monoisotopic (exact) mass is 423 g/mol. The Morgan fingerprint density at radius 2 is 1.89 bits per heavy atom. The lowest BCUT2D eigenvalue weighted by Gasteiger charge is -2.32. The molecule has 0 aliphatic carbocycles. The number of nitrogens with zero attached hydrogens (tertiary/aromatic N) is 4. The second-order valence-corrected chi connectivity index (χ2v) is 9.14. The van der Waals surface area contributed by atoms with Gasteiger partial charge in [0.2, 0.25) is 0 Å². The molecule has 1 aliphatic rings. The second-order valence-electron chi connectivity index (χ2n) is 7.55. The summed E-state index contributed by atoms with van der Waals surface area (Å²) < 4.78 is 17.6. The van der Waals surface area contributed by atoms with Gasteiger partial charge in [0.05, 0.1) is 27.0 Å². The molecule has 0 spiro atoms. The van der Waals surface area contributed by atoms with Gasteiger partial charge in [0, 0.05) is 33.2 Å². The number of halogens is 1. The van der Waals surface area contributed by atoms with Crippen LogP contribution in [0.1, 0.15) is 23.4 Å². The third kappa shape index (κ3) is 5.14. The van der Waals surface area contributed by atoms with Gasteiger partial charge in [0.1, 0.15) is 0 Å². The summed E-state index contributed by atoms with van der Waals surface area (Å²) in [4.78, 5) is 5.50. The number of aromatic nitrogens is 2. The first-order valence-electron chi connectivity index (χ1n) is 9.73. The smallest absolute Gasteiger partial charge is 0.151 e. The number of hydrogen-bond acceptors (Lipinski definition) is 4. The van der Waals surface area contributed by atoms with Crippen molar-refractivity contribution in [2.75, 3.05) is 44.5 Å². The first-order chi connectivity index (χ1) is 13.3. The van der Waals surface area contributed by atoms with Crippen molar-refractivity contribution in [3.8, 4) is 0 Å². The Kier molecular flexibility index (Phi) is 7.15. The molecule has 1 fully saturated rings. The Balaban J connectivity index is 1.56. The van der Waals surface area contributed by atoms with Crippen LogP contribution >= 0.6 is 11.6 Å². The van der Waals surface area contributed by atoms with Gasteiger partial charge in [-0.1, -0.05) is 17.7 Å².